The van der Waals surface area contributed by atoms with E-state index in [1.807, 2.05) is 0 Å². The number of nitrogens with zero attached hydrogens (tertiary/aromatic N) is 1. The molecular formula is C14H17FN2O2. The van der Waals surface area contributed by atoms with Crippen molar-refractivity contribution in [3.8, 4) is 0 Å². The molecule has 4 nitrogen and oxygen atoms in total. The van der Waals surface area contributed by atoms with Crippen molar-refractivity contribution in [2.24, 2.45) is 0 Å². The molecule has 0 bridgehead atoms. The molecule has 2 fully saturated rings. The molecule has 0 amide bonds. The summed E-state index contributed by atoms with van der Waals surface area (Å²) in [6, 6.07) is 6.41. The summed E-state index contributed by atoms with van der Waals surface area (Å²) in [5.74, 6) is -1.15. The maximum atomic E-state index is 12.9. The number of hydrogen-bond donors (Lipinski definition) is 2. The number of carboxylic acids is 1. The Kier molecular flexibility index (Phi) is 2.93. The lowest BCUT2D eigenvalue weighted by Gasteiger charge is -2.27. The number of halogens is 1. The van der Waals surface area contributed by atoms with Gasteiger partial charge in [-0.3, -0.25) is 4.90 Å². The Morgan fingerprint density at radius 2 is 2.05 bits per heavy atom. The molecule has 102 valence electrons. The Labute approximate surface area is 111 Å². The van der Waals surface area contributed by atoms with Gasteiger partial charge in [-0.1, -0.05) is 0 Å². The minimum absolute atomic E-state index is 0.319. The zero-order valence-corrected chi connectivity index (χ0v) is 10.6. The molecule has 1 saturated carbocycles. The standard InChI is InChI=1S/C14H17FN2O2/c15-10-1-3-11(4-2-10)16-14(13(18)19)7-8-17(9-14)12-5-6-12/h1-4,12,16H,5-9H2,(H,18,19). The topological polar surface area (TPSA) is 52.6 Å². The van der Waals surface area contributed by atoms with Gasteiger partial charge in [-0.2, -0.15) is 0 Å². The minimum atomic E-state index is -0.944. The number of rotatable bonds is 4. The van der Waals surface area contributed by atoms with Crippen molar-refractivity contribution in [2.75, 3.05) is 18.4 Å². The quantitative estimate of drug-likeness (QED) is 0.872. The van der Waals surface area contributed by atoms with Crippen LogP contribution in [0.25, 0.3) is 0 Å². The molecule has 1 aromatic carbocycles. The molecule has 2 N–H and O–H groups in total. The summed E-state index contributed by atoms with van der Waals surface area (Å²) in [6.45, 7) is 1.33. The predicted molar refractivity (Wildman–Crippen MR) is 69.6 cm³/mol. The number of carboxylic acid groups (broad SMARTS) is 1. The van der Waals surface area contributed by atoms with E-state index < -0.39 is 11.5 Å². The monoisotopic (exact) mass is 264 g/mol. The SMILES string of the molecule is O=C(O)C1(Nc2ccc(F)cc2)CCN(C2CC2)C1. The molecule has 2 aliphatic rings. The highest BCUT2D eigenvalue weighted by molar-refractivity contribution is 5.83. The highest BCUT2D eigenvalue weighted by Gasteiger charge is 2.48. The Bertz CT molecular complexity index is 487. The average molecular weight is 264 g/mol. The molecule has 1 atom stereocenters. The smallest absolute Gasteiger partial charge is 0.330 e. The number of hydrogen-bond acceptors (Lipinski definition) is 3. The average Bonchev–Trinajstić information content (AvgIpc) is 3.14. The van der Waals surface area contributed by atoms with E-state index in [9.17, 15) is 14.3 Å². The van der Waals surface area contributed by atoms with E-state index in [-0.39, 0.29) is 5.82 Å². The number of carbonyl (C=O) groups is 1. The van der Waals surface area contributed by atoms with Crippen LogP contribution < -0.4 is 5.32 Å². The van der Waals surface area contributed by atoms with E-state index in [2.05, 4.69) is 10.2 Å². The van der Waals surface area contributed by atoms with E-state index in [0.717, 1.165) is 6.54 Å². The van der Waals surface area contributed by atoms with Gasteiger partial charge in [0, 0.05) is 24.8 Å². The van der Waals surface area contributed by atoms with Crippen LogP contribution in [0.5, 0.6) is 0 Å². The second-order valence-corrected chi connectivity index (χ2v) is 5.47. The fourth-order valence-corrected chi connectivity index (χ4v) is 2.73. The largest absolute Gasteiger partial charge is 0.479 e. The van der Waals surface area contributed by atoms with Crippen LogP contribution >= 0.6 is 0 Å². The Morgan fingerprint density at radius 1 is 1.37 bits per heavy atom. The number of aliphatic carboxylic acids is 1. The van der Waals surface area contributed by atoms with Gasteiger partial charge in [-0.15, -0.1) is 0 Å². The predicted octanol–water partition coefficient (Wildman–Crippen LogP) is 1.93. The summed E-state index contributed by atoms with van der Waals surface area (Å²) in [5.41, 5.74) is -0.290. The second kappa shape index (κ2) is 4.49. The van der Waals surface area contributed by atoms with Crippen LogP contribution in [0, 0.1) is 5.82 Å². The Hall–Kier alpha value is -1.62. The highest BCUT2D eigenvalue weighted by Crippen LogP contribution is 2.35. The molecule has 1 heterocycles. The van der Waals surface area contributed by atoms with E-state index in [0.29, 0.717) is 24.7 Å². The Morgan fingerprint density at radius 3 is 2.63 bits per heavy atom. The molecule has 1 aliphatic carbocycles. The lowest BCUT2D eigenvalue weighted by atomic mass is 9.98. The minimum Gasteiger partial charge on any atom is -0.479 e. The molecule has 1 unspecified atom stereocenters. The molecule has 0 radical (unpaired) electrons. The van der Waals surface area contributed by atoms with Gasteiger partial charge in [0.2, 0.25) is 0 Å². The molecule has 1 aliphatic heterocycles. The highest BCUT2D eigenvalue weighted by atomic mass is 19.1. The van der Waals surface area contributed by atoms with Crippen LogP contribution in [-0.4, -0.2) is 40.6 Å². The molecular weight excluding hydrogens is 247 g/mol. The van der Waals surface area contributed by atoms with E-state index in [1.54, 1.807) is 12.1 Å². The lowest BCUT2D eigenvalue weighted by Crippen LogP contribution is -2.49. The molecule has 5 heteroatoms. The van der Waals surface area contributed by atoms with Crippen molar-refractivity contribution in [3.63, 3.8) is 0 Å². The first-order valence-electron chi connectivity index (χ1n) is 6.60. The molecule has 1 saturated heterocycles. The van der Waals surface area contributed by atoms with Crippen LogP contribution in [0.2, 0.25) is 0 Å². The lowest BCUT2D eigenvalue weighted by molar-refractivity contribution is -0.141. The van der Waals surface area contributed by atoms with Crippen LogP contribution in [0.15, 0.2) is 24.3 Å². The molecule has 19 heavy (non-hydrogen) atoms. The third kappa shape index (κ3) is 2.42. The third-order valence-corrected chi connectivity index (χ3v) is 4.00. The zero-order chi connectivity index (χ0) is 13.5. The van der Waals surface area contributed by atoms with Gasteiger partial charge in [0.05, 0.1) is 0 Å². The van der Waals surface area contributed by atoms with Crippen LogP contribution in [0.1, 0.15) is 19.3 Å². The summed E-state index contributed by atoms with van der Waals surface area (Å²) >= 11 is 0. The van der Waals surface area contributed by atoms with Gasteiger partial charge in [0.1, 0.15) is 11.4 Å². The van der Waals surface area contributed by atoms with Gasteiger partial charge in [-0.05, 0) is 43.5 Å². The van der Waals surface area contributed by atoms with Crippen LogP contribution in [0.4, 0.5) is 10.1 Å². The normalized spacial score (nSPS) is 27.4. The van der Waals surface area contributed by atoms with E-state index in [1.165, 1.54) is 25.0 Å². The van der Waals surface area contributed by atoms with Gasteiger partial charge >= 0.3 is 5.97 Å². The number of nitrogens with one attached hydrogen (secondary N) is 1. The molecule has 0 aromatic heterocycles. The number of likely N-dealkylation sites (tertiary alicyclic amines) is 1. The Balaban J connectivity index is 1.77. The van der Waals surface area contributed by atoms with Gasteiger partial charge in [-0.25, -0.2) is 9.18 Å². The fourth-order valence-electron chi connectivity index (χ4n) is 2.73. The maximum Gasteiger partial charge on any atom is 0.330 e. The molecule has 3 rings (SSSR count). The van der Waals surface area contributed by atoms with Gasteiger partial charge in [0.15, 0.2) is 0 Å². The van der Waals surface area contributed by atoms with Crippen molar-refractivity contribution in [1.29, 1.82) is 0 Å². The molecule has 1 aromatic rings. The third-order valence-electron chi connectivity index (χ3n) is 4.00. The summed E-state index contributed by atoms with van der Waals surface area (Å²) < 4.78 is 12.9. The first-order chi connectivity index (χ1) is 9.09. The maximum absolute atomic E-state index is 12.9. The van der Waals surface area contributed by atoms with Crippen LogP contribution in [0.3, 0.4) is 0 Å². The fraction of sp³-hybridized carbons (Fsp3) is 0.500. The van der Waals surface area contributed by atoms with E-state index >= 15 is 0 Å². The second-order valence-electron chi connectivity index (χ2n) is 5.47. The molecule has 0 spiro atoms. The van der Waals surface area contributed by atoms with Crippen molar-refractivity contribution in [2.45, 2.75) is 30.8 Å². The summed E-state index contributed by atoms with van der Waals surface area (Å²) in [5, 5.41) is 12.6. The van der Waals surface area contributed by atoms with Gasteiger partial charge in [0.25, 0.3) is 0 Å². The van der Waals surface area contributed by atoms with Crippen molar-refractivity contribution < 1.29 is 14.3 Å². The van der Waals surface area contributed by atoms with Crippen LogP contribution in [-0.2, 0) is 4.79 Å². The zero-order valence-electron chi connectivity index (χ0n) is 10.6. The summed E-state index contributed by atoms with van der Waals surface area (Å²) in [6.07, 6.45) is 2.93. The first kappa shape index (κ1) is 12.4. The summed E-state index contributed by atoms with van der Waals surface area (Å²) in [4.78, 5) is 13.9. The number of anilines is 1. The van der Waals surface area contributed by atoms with Crippen molar-refractivity contribution in [1.82, 2.24) is 4.90 Å². The van der Waals surface area contributed by atoms with Crippen molar-refractivity contribution >= 4 is 11.7 Å². The van der Waals surface area contributed by atoms with Crippen molar-refractivity contribution in [3.05, 3.63) is 30.1 Å². The van der Waals surface area contributed by atoms with E-state index in [4.69, 9.17) is 0 Å². The first-order valence-corrected chi connectivity index (χ1v) is 6.60. The summed E-state index contributed by atoms with van der Waals surface area (Å²) in [7, 11) is 0. The number of benzene rings is 1. The van der Waals surface area contributed by atoms with Gasteiger partial charge < -0.3 is 10.4 Å².